The predicted octanol–water partition coefficient (Wildman–Crippen LogP) is -0.566. The molecule has 0 saturated carbocycles. The second-order valence-corrected chi connectivity index (χ2v) is 1.50. The molecule has 50 valence electrons. The van der Waals surface area contributed by atoms with E-state index in [1.165, 1.54) is 12.6 Å². The number of hydrogen-bond acceptors (Lipinski definition) is 3. The van der Waals surface area contributed by atoms with Gasteiger partial charge in [0.2, 0.25) is 0 Å². The topological polar surface area (TPSA) is 47.3 Å². The molecule has 0 aliphatic heterocycles. The molecule has 0 bridgehead atoms. The van der Waals surface area contributed by atoms with E-state index in [1.54, 1.807) is 0 Å². The van der Waals surface area contributed by atoms with Crippen LogP contribution in [0.15, 0.2) is 0 Å². The monoisotopic (exact) mass is 122 g/mol. The fourth-order valence-corrected chi connectivity index (χ4v) is 0.345. The van der Waals surface area contributed by atoms with Crippen LogP contribution in [0.2, 0.25) is 0 Å². The van der Waals surface area contributed by atoms with E-state index in [9.17, 15) is 4.48 Å². The Hall–Kier alpha value is -0.190. The summed E-state index contributed by atoms with van der Waals surface area (Å²) in [6, 6.07) is -0.361. The Kier molecular flexibility index (Phi) is 4.84. The van der Waals surface area contributed by atoms with E-state index in [0.29, 0.717) is 6.61 Å². The minimum Gasteiger partial charge on any atom is -0.383 e. The van der Waals surface area contributed by atoms with Gasteiger partial charge in [-0.05, 0) is 0 Å². The average Bonchev–Trinajstić information content (AvgIpc) is 1.83. The van der Waals surface area contributed by atoms with Crippen molar-refractivity contribution in [2.45, 2.75) is 6.04 Å². The fraction of sp³-hybridized carbons (Fsp3) is 1.00. The third kappa shape index (κ3) is 2.90. The third-order valence-corrected chi connectivity index (χ3v) is 0.807. The zero-order valence-electron chi connectivity index (χ0n) is 4.86. The van der Waals surface area contributed by atoms with Gasteiger partial charge in [-0.3, -0.25) is 0 Å². The molecule has 0 rings (SSSR count). The molecule has 0 aromatic rings. The van der Waals surface area contributed by atoms with Gasteiger partial charge in [0.1, 0.15) is 0 Å². The summed E-state index contributed by atoms with van der Waals surface area (Å²) in [5.74, 6) is 0. The predicted molar refractivity (Wildman–Crippen MR) is 29.0 cm³/mol. The van der Waals surface area contributed by atoms with E-state index >= 15 is 0 Å². The molecule has 0 radical (unpaired) electrons. The van der Waals surface area contributed by atoms with Crippen molar-refractivity contribution in [2.75, 3.05) is 20.3 Å². The van der Waals surface area contributed by atoms with E-state index < -0.39 is 0 Å². The molecule has 4 heteroatoms. The number of halogens is 1. The van der Waals surface area contributed by atoms with Crippen molar-refractivity contribution in [1.82, 2.24) is 5.54 Å². The van der Waals surface area contributed by atoms with Gasteiger partial charge >= 0.3 is 0 Å². The fourth-order valence-electron chi connectivity index (χ4n) is 0.345. The largest absolute Gasteiger partial charge is 0.383 e. The van der Waals surface area contributed by atoms with Crippen molar-refractivity contribution in [3.05, 3.63) is 0 Å². The van der Waals surface area contributed by atoms with Crippen LogP contribution in [0.1, 0.15) is 0 Å². The van der Waals surface area contributed by atoms with E-state index in [2.05, 4.69) is 4.74 Å². The number of hydrogen-bond donors (Lipinski definition) is 2. The SMILES string of the molecule is COCC(CN)NF. The summed E-state index contributed by atoms with van der Waals surface area (Å²) in [6.07, 6.45) is 0. The first kappa shape index (κ1) is 7.81. The molecule has 0 aromatic carbocycles. The van der Waals surface area contributed by atoms with Crippen molar-refractivity contribution >= 4 is 0 Å². The Balaban J connectivity index is 3.07. The maximum Gasteiger partial charge on any atom is 0.0727 e. The van der Waals surface area contributed by atoms with Gasteiger partial charge in [0, 0.05) is 13.7 Å². The molecule has 0 aliphatic carbocycles. The molecule has 0 aromatic heterocycles. The van der Waals surface area contributed by atoms with Crippen LogP contribution in [0.5, 0.6) is 0 Å². The van der Waals surface area contributed by atoms with Crippen molar-refractivity contribution in [3.63, 3.8) is 0 Å². The molecule has 8 heavy (non-hydrogen) atoms. The smallest absolute Gasteiger partial charge is 0.0727 e. The molecule has 0 spiro atoms. The van der Waals surface area contributed by atoms with Gasteiger partial charge in [-0.25, -0.2) is 0 Å². The van der Waals surface area contributed by atoms with Crippen molar-refractivity contribution < 1.29 is 9.22 Å². The lowest BCUT2D eigenvalue weighted by atomic mass is 10.3. The van der Waals surface area contributed by atoms with Gasteiger partial charge < -0.3 is 10.5 Å². The summed E-state index contributed by atoms with van der Waals surface area (Å²) in [5.41, 5.74) is 6.59. The quantitative estimate of drug-likeness (QED) is 0.491. The summed E-state index contributed by atoms with van der Waals surface area (Å²) >= 11 is 0. The zero-order valence-corrected chi connectivity index (χ0v) is 4.86. The molecule has 3 N–H and O–H groups in total. The molecule has 0 aliphatic rings. The minimum absolute atomic E-state index is 0.254. The maximum atomic E-state index is 11.4. The number of nitrogens with two attached hydrogens (primary N) is 1. The molecule has 0 fully saturated rings. The highest BCUT2D eigenvalue weighted by Crippen LogP contribution is 1.79. The van der Waals surface area contributed by atoms with Crippen LogP contribution in [0.3, 0.4) is 0 Å². The van der Waals surface area contributed by atoms with Gasteiger partial charge in [0.05, 0.1) is 12.6 Å². The van der Waals surface area contributed by atoms with Crippen molar-refractivity contribution in [2.24, 2.45) is 5.73 Å². The summed E-state index contributed by atoms with van der Waals surface area (Å²) < 4.78 is 16.0. The summed E-state index contributed by atoms with van der Waals surface area (Å²) in [6.45, 7) is 0.567. The van der Waals surface area contributed by atoms with Crippen LogP contribution >= 0.6 is 0 Å². The Morgan fingerprint density at radius 1 is 1.88 bits per heavy atom. The second kappa shape index (κ2) is 4.96. The summed E-state index contributed by atoms with van der Waals surface area (Å²) in [5, 5.41) is 0. The van der Waals surface area contributed by atoms with Crippen molar-refractivity contribution in [3.8, 4) is 0 Å². The first-order valence-corrected chi connectivity index (χ1v) is 2.40. The highest BCUT2D eigenvalue weighted by molar-refractivity contribution is 4.59. The standard InChI is InChI=1S/C4H11FN2O/c1-8-3-4(2-6)7-5/h4,7H,2-3,6H2,1H3. The Morgan fingerprint density at radius 3 is 2.62 bits per heavy atom. The van der Waals surface area contributed by atoms with Crippen LogP contribution in [-0.2, 0) is 4.74 Å². The molecular weight excluding hydrogens is 111 g/mol. The van der Waals surface area contributed by atoms with Crippen LogP contribution in [-0.4, -0.2) is 26.3 Å². The Morgan fingerprint density at radius 2 is 2.50 bits per heavy atom. The van der Waals surface area contributed by atoms with Crippen LogP contribution in [0.4, 0.5) is 4.48 Å². The highest BCUT2D eigenvalue weighted by Gasteiger charge is 2.01. The second-order valence-electron chi connectivity index (χ2n) is 1.50. The molecule has 0 amide bonds. The zero-order chi connectivity index (χ0) is 6.41. The number of methoxy groups -OCH3 is 1. The number of ether oxygens (including phenoxy) is 1. The molecule has 1 atom stereocenters. The normalized spacial score (nSPS) is 13.9. The molecule has 0 saturated heterocycles. The summed E-state index contributed by atoms with van der Waals surface area (Å²) in [7, 11) is 1.50. The Labute approximate surface area is 47.9 Å². The van der Waals surface area contributed by atoms with Gasteiger partial charge in [-0.2, -0.15) is 5.54 Å². The van der Waals surface area contributed by atoms with E-state index in [-0.39, 0.29) is 12.6 Å². The third-order valence-electron chi connectivity index (χ3n) is 0.807. The lowest BCUT2D eigenvalue weighted by molar-refractivity contribution is 0.133. The van der Waals surface area contributed by atoms with Gasteiger partial charge in [-0.15, -0.1) is 4.48 Å². The molecule has 0 heterocycles. The molecular formula is C4H11FN2O. The van der Waals surface area contributed by atoms with Crippen molar-refractivity contribution in [1.29, 1.82) is 0 Å². The van der Waals surface area contributed by atoms with Crippen LogP contribution in [0, 0.1) is 0 Å². The lowest BCUT2D eigenvalue weighted by Crippen LogP contribution is -2.34. The van der Waals surface area contributed by atoms with Crippen LogP contribution < -0.4 is 11.3 Å². The first-order valence-electron chi connectivity index (χ1n) is 2.40. The number of nitrogens with one attached hydrogen (secondary N) is 1. The van der Waals surface area contributed by atoms with E-state index in [1.807, 2.05) is 0 Å². The van der Waals surface area contributed by atoms with Gasteiger partial charge in [0.15, 0.2) is 0 Å². The maximum absolute atomic E-state index is 11.4. The summed E-state index contributed by atoms with van der Waals surface area (Å²) in [4.78, 5) is 0. The highest BCUT2D eigenvalue weighted by atomic mass is 19.2. The van der Waals surface area contributed by atoms with Gasteiger partial charge in [-0.1, -0.05) is 0 Å². The van der Waals surface area contributed by atoms with Crippen LogP contribution in [0.25, 0.3) is 0 Å². The Bertz CT molecular complexity index is 49.3. The number of rotatable bonds is 4. The van der Waals surface area contributed by atoms with Gasteiger partial charge in [0.25, 0.3) is 0 Å². The minimum atomic E-state index is -0.361. The van der Waals surface area contributed by atoms with E-state index in [0.717, 1.165) is 0 Å². The first-order chi connectivity index (χ1) is 3.85. The average molecular weight is 122 g/mol. The molecule has 3 nitrogen and oxygen atoms in total. The lowest BCUT2D eigenvalue weighted by Gasteiger charge is -2.07. The molecule has 1 unspecified atom stereocenters. The van der Waals surface area contributed by atoms with E-state index in [4.69, 9.17) is 5.73 Å².